The van der Waals surface area contributed by atoms with Crippen LogP contribution in [0.3, 0.4) is 0 Å². The summed E-state index contributed by atoms with van der Waals surface area (Å²) in [6.45, 7) is 4.28. The predicted octanol–water partition coefficient (Wildman–Crippen LogP) is 3.42. The van der Waals surface area contributed by atoms with Crippen LogP contribution >= 0.6 is 22.9 Å². The molecule has 3 aliphatic heterocycles. The summed E-state index contributed by atoms with van der Waals surface area (Å²) in [6, 6.07) is 9.56. The van der Waals surface area contributed by atoms with E-state index in [2.05, 4.69) is 9.62 Å². The molecule has 3 aliphatic rings. The molecule has 3 saturated heterocycles. The average molecular weight is 565 g/mol. The fourth-order valence-corrected chi connectivity index (χ4v) is 7.87. The minimum Gasteiger partial charge on any atom is -0.337 e. The van der Waals surface area contributed by atoms with E-state index < -0.39 is 16.1 Å². The van der Waals surface area contributed by atoms with Crippen molar-refractivity contribution in [2.45, 2.75) is 55.5 Å². The van der Waals surface area contributed by atoms with Crippen molar-refractivity contribution in [3.8, 4) is 10.4 Å². The van der Waals surface area contributed by atoms with Crippen LogP contribution in [0, 0.1) is 0 Å². The Morgan fingerprint density at radius 1 is 0.973 bits per heavy atom. The van der Waals surface area contributed by atoms with Gasteiger partial charge >= 0.3 is 0 Å². The average Bonchev–Trinajstić information content (AvgIpc) is 3.65. The maximum atomic E-state index is 13.2. The number of nitrogens with zero attached hydrogens (tertiary/aromatic N) is 3. The molecule has 8 nitrogen and oxygen atoms in total. The SMILES string of the molecule is O=C1[C@@H](NS(=O)(=O)c2ccc(-c3ccc(Cl)s3)cc2)CCCN1CC(=O)N1CCC[C@H]1CN1CCCC1. The summed E-state index contributed by atoms with van der Waals surface area (Å²) in [6.07, 6.45) is 5.47. The summed E-state index contributed by atoms with van der Waals surface area (Å²) in [5.74, 6) is -0.369. The summed E-state index contributed by atoms with van der Waals surface area (Å²) in [4.78, 5) is 33.3. The van der Waals surface area contributed by atoms with Crippen molar-refractivity contribution in [2.24, 2.45) is 0 Å². The minimum absolute atomic E-state index is 0.00559. The molecule has 0 unspecified atom stereocenters. The van der Waals surface area contributed by atoms with Gasteiger partial charge in [0.1, 0.15) is 6.04 Å². The summed E-state index contributed by atoms with van der Waals surface area (Å²) in [5.41, 5.74) is 0.874. The van der Waals surface area contributed by atoms with Crippen LogP contribution < -0.4 is 4.72 Å². The van der Waals surface area contributed by atoms with E-state index in [1.807, 2.05) is 11.0 Å². The molecule has 2 amide bonds. The van der Waals surface area contributed by atoms with Gasteiger partial charge in [0.15, 0.2) is 0 Å². The van der Waals surface area contributed by atoms with Crippen molar-refractivity contribution in [3.05, 3.63) is 40.7 Å². The molecule has 11 heteroatoms. The first-order valence-corrected chi connectivity index (χ1v) is 15.7. The lowest BCUT2D eigenvalue weighted by atomic mass is 10.1. The molecule has 2 atom stereocenters. The molecule has 1 N–H and O–H groups in total. The number of sulfonamides is 1. The zero-order valence-electron chi connectivity index (χ0n) is 20.8. The van der Waals surface area contributed by atoms with E-state index in [9.17, 15) is 18.0 Å². The smallest absolute Gasteiger partial charge is 0.242 e. The van der Waals surface area contributed by atoms with Gasteiger partial charge in [-0.25, -0.2) is 8.42 Å². The number of halogens is 1. The number of nitrogens with one attached hydrogen (secondary N) is 1. The number of likely N-dealkylation sites (tertiary alicyclic amines) is 3. The summed E-state index contributed by atoms with van der Waals surface area (Å²) < 4.78 is 29.4. The molecule has 1 aromatic heterocycles. The Morgan fingerprint density at radius 3 is 2.41 bits per heavy atom. The zero-order valence-corrected chi connectivity index (χ0v) is 23.2. The summed E-state index contributed by atoms with van der Waals surface area (Å²) in [7, 11) is -3.90. The van der Waals surface area contributed by atoms with Gasteiger partial charge in [-0.3, -0.25) is 9.59 Å². The highest BCUT2D eigenvalue weighted by Gasteiger charge is 2.36. The van der Waals surface area contributed by atoms with Gasteiger partial charge in [-0.05, 0) is 81.4 Å². The molecule has 5 rings (SSSR count). The topological polar surface area (TPSA) is 90.0 Å². The number of hydrogen-bond donors (Lipinski definition) is 1. The number of carbonyl (C=O) groups excluding carboxylic acids is 2. The highest BCUT2D eigenvalue weighted by atomic mass is 35.5. The molecule has 3 fully saturated rings. The second-order valence-corrected chi connectivity index (χ2v) is 13.5. The Balaban J connectivity index is 1.20. The number of benzene rings is 1. The molecule has 37 heavy (non-hydrogen) atoms. The van der Waals surface area contributed by atoms with Gasteiger partial charge < -0.3 is 14.7 Å². The standard InChI is InChI=1S/C26H33ClN4O4S2/c27-24-12-11-23(36-24)19-7-9-21(10-8-19)37(34,35)28-22-6-4-15-30(26(22)33)18-25(32)31-16-3-5-20(31)17-29-13-1-2-14-29/h7-12,20,22,28H,1-6,13-18H2/t20-,22-/m0/s1. The molecule has 1 aromatic carbocycles. The van der Waals surface area contributed by atoms with E-state index in [1.165, 1.54) is 41.2 Å². The van der Waals surface area contributed by atoms with Gasteiger partial charge in [-0.1, -0.05) is 23.7 Å². The second kappa shape index (κ2) is 11.4. The van der Waals surface area contributed by atoms with Crippen molar-refractivity contribution in [2.75, 3.05) is 39.3 Å². The molecule has 0 radical (unpaired) electrons. The number of rotatable bonds is 8. The number of thiophene rings is 1. The van der Waals surface area contributed by atoms with E-state index in [-0.39, 0.29) is 29.3 Å². The second-order valence-electron chi connectivity index (χ2n) is 10.1. The first-order valence-electron chi connectivity index (χ1n) is 13.0. The van der Waals surface area contributed by atoms with Crippen LogP contribution in [-0.4, -0.2) is 86.3 Å². The zero-order chi connectivity index (χ0) is 26.0. The third-order valence-corrected chi connectivity index (χ3v) is 10.3. The molecule has 0 saturated carbocycles. The monoisotopic (exact) mass is 564 g/mol. The highest BCUT2D eigenvalue weighted by molar-refractivity contribution is 7.89. The van der Waals surface area contributed by atoms with E-state index in [1.54, 1.807) is 18.2 Å². The lowest BCUT2D eigenvalue weighted by Crippen LogP contribution is -2.55. The van der Waals surface area contributed by atoms with E-state index in [4.69, 9.17) is 11.6 Å². The molecule has 4 heterocycles. The summed E-state index contributed by atoms with van der Waals surface area (Å²) in [5, 5.41) is 0. The number of piperidine rings is 1. The molecular weight excluding hydrogens is 532 g/mol. The van der Waals surface area contributed by atoms with Crippen LogP contribution in [0.25, 0.3) is 10.4 Å². The van der Waals surface area contributed by atoms with E-state index in [0.717, 1.165) is 49.5 Å². The van der Waals surface area contributed by atoms with Gasteiger partial charge in [0.2, 0.25) is 21.8 Å². The Bertz CT molecular complexity index is 1230. The Labute approximate surface area is 227 Å². The molecular formula is C26H33ClN4O4S2. The van der Waals surface area contributed by atoms with Crippen LogP contribution in [0.15, 0.2) is 41.3 Å². The minimum atomic E-state index is -3.90. The Morgan fingerprint density at radius 2 is 1.70 bits per heavy atom. The van der Waals surface area contributed by atoms with Crippen LogP contribution in [0.2, 0.25) is 4.34 Å². The fraction of sp³-hybridized carbons (Fsp3) is 0.538. The lowest BCUT2D eigenvalue weighted by molar-refractivity contribution is -0.143. The van der Waals surface area contributed by atoms with Gasteiger partial charge in [-0.2, -0.15) is 4.72 Å². The maximum absolute atomic E-state index is 13.2. The fourth-order valence-electron chi connectivity index (χ4n) is 5.60. The van der Waals surface area contributed by atoms with Crippen molar-refractivity contribution in [1.29, 1.82) is 0 Å². The normalized spacial score (nSPS) is 23.2. The molecule has 0 bridgehead atoms. The van der Waals surface area contributed by atoms with Crippen molar-refractivity contribution in [1.82, 2.24) is 19.4 Å². The van der Waals surface area contributed by atoms with Gasteiger partial charge in [0, 0.05) is 30.6 Å². The number of hydrogen-bond acceptors (Lipinski definition) is 6. The van der Waals surface area contributed by atoms with Gasteiger partial charge in [-0.15, -0.1) is 11.3 Å². The lowest BCUT2D eigenvalue weighted by Gasteiger charge is -2.34. The van der Waals surface area contributed by atoms with Crippen LogP contribution in [-0.2, 0) is 19.6 Å². The van der Waals surface area contributed by atoms with Crippen LogP contribution in [0.4, 0.5) is 0 Å². The van der Waals surface area contributed by atoms with E-state index >= 15 is 0 Å². The van der Waals surface area contributed by atoms with Crippen molar-refractivity contribution < 1.29 is 18.0 Å². The van der Waals surface area contributed by atoms with Gasteiger partial charge in [0.25, 0.3) is 0 Å². The number of amides is 2. The van der Waals surface area contributed by atoms with E-state index in [0.29, 0.717) is 23.7 Å². The third kappa shape index (κ3) is 6.20. The third-order valence-electron chi connectivity index (χ3n) is 7.54. The largest absolute Gasteiger partial charge is 0.337 e. The molecule has 2 aromatic rings. The number of carbonyl (C=O) groups is 2. The van der Waals surface area contributed by atoms with Crippen molar-refractivity contribution >= 4 is 44.8 Å². The van der Waals surface area contributed by atoms with Crippen LogP contribution in [0.1, 0.15) is 38.5 Å². The Hall–Kier alpha value is -1.98. The predicted molar refractivity (Wildman–Crippen MR) is 145 cm³/mol. The Kier molecular flexibility index (Phi) is 8.21. The molecule has 0 aliphatic carbocycles. The first kappa shape index (κ1) is 26.6. The molecule has 200 valence electrons. The summed E-state index contributed by atoms with van der Waals surface area (Å²) >= 11 is 7.43. The van der Waals surface area contributed by atoms with Crippen molar-refractivity contribution in [3.63, 3.8) is 0 Å². The van der Waals surface area contributed by atoms with Crippen LogP contribution in [0.5, 0.6) is 0 Å². The quantitative estimate of drug-likeness (QED) is 0.530. The first-order chi connectivity index (χ1) is 17.8. The van der Waals surface area contributed by atoms with Gasteiger partial charge in [0.05, 0.1) is 15.8 Å². The molecule has 0 spiro atoms. The maximum Gasteiger partial charge on any atom is 0.242 e. The highest BCUT2D eigenvalue weighted by Crippen LogP contribution is 2.31.